The fourth-order valence-corrected chi connectivity index (χ4v) is 3.03. The van der Waals surface area contributed by atoms with Crippen LogP contribution in [0.4, 0.5) is 5.13 Å². The van der Waals surface area contributed by atoms with Crippen molar-refractivity contribution < 1.29 is 5.11 Å². The first-order valence-electron chi connectivity index (χ1n) is 6.40. The lowest BCUT2D eigenvalue weighted by Gasteiger charge is -2.24. The maximum absolute atomic E-state index is 9.88. The largest absolute Gasteiger partial charge is 0.507 e. The van der Waals surface area contributed by atoms with Crippen LogP contribution >= 0.6 is 11.3 Å². The summed E-state index contributed by atoms with van der Waals surface area (Å²) in [7, 11) is 0. The van der Waals surface area contributed by atoms with E-state index in [-0.39, 0.29) is 11.8 Å². The second kappa shape index (κ2) is 5.09. The van der Waals surface area contributed by atoms with Crippen LogP contribution in [0.15, 0.2) is 46.4 Å². The van der Waals surface area contributed by atoms with Crippen molar-refractivity contribution in [2.75, 3.05) is 5.01 Å². The molecule has 0 saturated heterocycles. The highest BCUT2D eigenvalue weighted by atomic mass is 32.1. The minimum Gasteiger partial charge on any atom is -0.507 e. The van der Waals surface area contributed by atoms with Crippen LogP contribution in [0.25, 0.3) is 11.3 Å². The van der Waals surface area contributed by atoms with E-state index in [1.807, 2.05) is 35.7 Å². The molecule has 1 aromatic heterocycles. The number of para-hydroxylation sites is 1. The summed E-state index contributed by atoms with van der Waals surface area (Å²) in [5.41, 5.74) is 2.68. The lowest BCUT2D eigenvalue weighted by Crippen LogP contribution is -2.29. The van der Waals surface area contributed by atoms with Crippen molar-refractivity contribution in [3.63, 3.8) is 0 Å². The monoisotopic (exact) mass is 285 g/mol. The Balaban J connectivity index is 1.92. The van der Waals surface area contributed by atoms with Crippen molar-refractivity contribution in [3.8, 4) is 17.0 Å². The molecule has 102 valence electrons. The molecule has 2 aromatic rings. The Morgan fingerprint density at radius 1 is 1.30 bits per heavy atom. The standard InChI is InChI=1S/C15H15N3OS/c1-10-7-11(2)18(16-8-10)15-17-13(9-20-15)12-5-3-4-6-14(12)19/h3-9,11,19H,1-2H3. The second-order valence-corrected chi connectivity index (χ2v) is 5.61. The molecule has 1 aliphatic heterocycles. The van der Waals surface area contributed by atoms with E-state index in [9.17, 15) is 5.11 Å². The van der Waals surface area contributed by atoms with Crippen LogP contribution in [-0.2, 0) is 0 Å². The second-order valence-electron chi connectivity index (χ2n) is 4.77. The van der Waals surface area contributed by atoms with E-state index < -0.39 is 0 Å². The van der Waals surface area contributed by atoms with Gasteiger partial charge in [0.25, 0.3) is 0 Å². The number of phenols is 1. The van der Waals surface area contributed by atoms with E-state index in [2.05, 4.69) is 23.1 Å². The number of hydrazone groups is 1. The SMILES string of the molecule is CC1=CC(C)N(c2nc(-c3ccccc3O)cs2)N=C1. The topological polar surface area (TPSA) is 48.7 Å². The Morgan fingerprint density at radius 2 is 2.10 bits per heavy atom. The predicted molar refractivity (Wildman–Crippen MR) is 83.4 cm³/mol. The molecule has 4 nitrogen and oxygen atoms in total. The highest BCUT2D eigenvalue weighted by molar-refractivity contribution is 7.14. The van der Waals surface area contributed by atoms with Crippen LogP contribution in [0.2, 0.25) is 0 Å². The number of rotatable bonds is 2. The van der Waals surface area contributed by atoms with E-state index in [0.717, 1.165) is 22.0 Å². The number of hydrogen-bond acceptors (Lipinski definition) is 5. The van der Waals surface area contributed by atoms with Crippen molar-refractivity contribution in [3.05, 3.63) is 41.3 Å². The minimum atomic E-state index is 0.184. The van der Waals surface area contributed by atoms with E-state index in [4.69, 9.17) is 0 Å². The molecule has 0 spiro atoms. The number of allylic oxidation sites excluding steroid dienone is 1. The van der Waals surface area contributed by atoms with Gasteiger partial charge < -0.3 is 5.11 Å². The molecule has 5 heteroatoms. The van der Waals surface area contributed by atoms with Gasteiger partial charge in [-0.25, -0.2) is 9.99 Å². The Kier molecular flexibility index (Phi) is 3.28. The molecule has 1 atom stereocenters. The molecule has 0 amide bonds. The third kappa shape index (κ3) is 2.32. The first kappa shape index (κ1) is 12.9. The summed E-state index contributed by atoms with van der Waals surface area (Å²) in [6.45, 7) is 4.12. The summed E-state index contributed by atoms with van der Waals surface area (Å²) in [4.78, 5) is 4.58. The molecule has 0 saturated carbocycles. The number of aromatic nitrogens is 1. The summed E-state index contributed by atoms with van der Waals surface area (Å²) in [5, 5.41) is 19.0. The van der Waals surface area contributed by atoms with Crippen molar-refractivity contribution in [2.45, 2.75) is 19.9 Å². The quantitative estimate of drug-likeness (QED) is 0.916. The molecule has 1 unspecified atom stereocenters. The van der Waals surface area contributed by atoms with E-state index in [0.29, 0.717) is 0 Å². The smallest absolute Gasteiger partial charge is 0.207 e. The third-order valence-electron chi connectivity index (χ3n) is 3.14. The summed E-state index contributed by atoms with van der Waals surface area (Å²) in [6.07, 6.45) is 3.98. The van der Waals surface area contributed by atoms with Gasteiger partial charge >= 0.3 is 0 Å². The molecule has 3 rings (SSSR count). The minimum absolute atomic E-state index is 0.184. The summed E-state index contributed by atoms with van der Waals surface area (Å²) in [5.74, 6) is 0.246. The molecule has 1 aromatic carbocycles. The number of hydrogen-bond donors (Lipinski definition) is 1. The Morgan fingerprint density at radius 3 is 2.85 bits per heavy atom. The number of thiazole rings is 1. The number of aromatic hydroxyl groups is 1. The zero-order chi connectivity index (χ0) is 14.1. The molecular weight excluding hydrogens is 270 g/mol. The Labute approximate surface area is 121 Å². The molecule has 2 heterocycles. The third-order valence-corrected chi connectivity index (χ3v) is 3.97. The maximum Gasteiger partial charge on any atom is 0.207 e. The van der Waals surface area contributed by atoms with E-state index in [1.165, 1.54) is 11.3 Å². The normalized spacial score (nSPS) is 18.2. The van der Waals surface area contributed by atoms with Gasteiger partial charge in [-0.15, -0.1) is 11.3 Å². The van der Waals surface area contributed by atoms with Gasteiger partial charge in [-0.3, -0.25) is 0 Å². The number of nitrogens with zero attached hydrogens (tertiary/aromatic N) is 3. The van der Waals surface area contributed by atoms with Crippen molar-refractivity contribution in [1.82, 2.24) is 4.98 Å². The number of phenolic OH excluding ortho intramolecular Hbond substituents is 1. The average molecular weight is 285 g/mol. The number of benzene rings is 1. The highest BCUT2D eigenvalue weighted by Crippen LogP contribution is 2.33. The Bertz CT molecular complexity index is 690. The molecule has 0 aliphatic carbocycles. The Hall–Kier alpha value is -2.14. The van der Waals surface area contributed by atoms with Gasteiger partial charge in [0.2, 0.25) is 5.13 Å². The van der Waals surface area contributed by atoms with Gasteiger partial charge in [-0.1, -0.05) is 18.2 Å². The first-order valence-corrected chi connectivity index (χ1v) is 7.28. The highest BCUT2D eigenvalue weighted by Gasteiger charge is 2.19. The lowest BCUT2D eigenvalue weighted by atomic mass is 10.1. The molecular formula is C15H15N3OS. The average Bonchev–Trinajstić information content (AvgIpc) is 2.88. The molecule has 0 fully saturated rings. The van der Waals surface area contributed by atoms with Crippen LogP contribution in [0.1, 0.15) is 13.8 Å². The molecule has 0 radical (unpaired) electrons. The van der Waals surface area contributed by atoms with Crippen molar-refractivity contribution in [1.29, 1.82) is 0 Å². The van der Waals surface area contributed by atoms with E-state index >= 15 is 0 Å². The van der Waals surface area contributed by atoms with Crippen LogP contribution in [0, 0.1) is 0 Å². The van der Waals surface area contributed by atoms with Crippen LogP contribution in [0.3, 0.4) is 0 Å². The summed E-state index contributed by atoms with van der Waals surface area (Å²) >= 11 is 1.53. The zero-order valence-electron chi connectivity index (χ0n) is 11.3. The molecule has 0 bridgehead atoms. The summed E-state index contributed by atoms with van der Waals surface area (Å²) < 4.78 is 0. The van der Waals surface area contributed by atoms with Crippen molar-refractivity contribution in [2.24, 2.45) is 5.10 Å². The fraction of sp³-hybridized carbons (Fsp3) is 0.200. The predicted octanol–water partition coefficient (Wildman–Crippen LogP) is 3.66. The van der Waals surface area contributed by atoms with Gasteiger partial charge in [-0.05, 0) is 31.6 Å². The lowest BCUT2D eigenvalue weighted by molar-refractivity contribution is 0.477. The van der Waals surface area contributed by atoms with Crippen LogP contribution < -0.4 is 5.01 Å². The molecule has 1 aliphatic rings. The van der Waals surface area contributed by atoms with E-state index in [1.54, 1.807) is 12.1 Å². The number of anilines is 1. The fourth-order valence-electron chi connectivity index (χ4n) is 2.16. The van der Waals surface area contributed by atoms with Gasteiger partial charge in [0, 0.05) is 10.9 Å². The maximum atomic E-state index is 9.88. The van der Waals surface area contributed by atoms with Gasteiger partial charge in [0.1, 0.15) is 5.75 Å². The van der Waals surface area contributed by atoms with Gasteiger partial charge in [-0.2, -0.15) is 5.10 Å². The van der Waals surface area contributed by atoms with Crippen LogP contribution in [0.5, 0.6) is 5.75 Å². The zero-order valence-corrected chi connectivity index (χ0v) is 12.1. The first-order chi connectivity index (χ1) is 9.65. The summed E-state index contributed by atoms with van der Waals surface area (Å²) in [6, 6.07) is 7.41. The van der Waals surface area contributed by atoms with Gasteiger partial charge in [0.15, 0.2) is 0 Å². The molecule has 1 N–H and O–H groups in total. The van der Waals surface area contributed by atoms with Crippen molar-refractivity contribution >= 4 is 22.7 Å². The van der Waals surface area contributed by atoms with Crippen LogP contribution in [-0.4, -0.2) is 22.3 Å². The molecule has 20 heavy (non-hydrogen) atoms. The van der Waals surface area contributed by atoms with Gasteiger partial charge in [0.05, 0.1) is 18.0 Å².